The van der Waals surface area contributed by atoms with Gasteiger partial charge in [0, 0.05) is 6.20 Å². The summed E-state index contributed by atoms with van der Waals surface area (Å²) in [7, 11) is 1.61. The molecule has 0 fully saturated rings. The summed E-state index contributed by atoms with van der Waals surface area (Å²) in [6.07, 6.45) is 1.65. The smallest absolute Gasteiger partial charge is 0.267 e. The fourth-order valence-corrected chi connectivity index (χ4v) is 5.14. The maximum atomic E-state index is 13.3. The monoisotopic (exact) mass is 489 g/mol. The molecule has 0 aliphatic rings. The van der Waals surface area contributed by atoms with E-state index in [1.807, 2.05) is 43.3 Å². The average Bonchev–Trinajstić information content (AvgIpc) is 3.24. The van der Waals surface area contributed by atoms with Crippen LogP contribution < -0.4 is 15.6 Å². The number of rotatable bonds is 6. The summed E-state index contributed by atoms with van der Waals surface area (Å²) in [4.78, 5) is 39.5. The molecule has 3 heterocycles. The van der Waals surface area contributed by atoms with Gasteiger partial charge in [0.05, 0.1) is 34.0 Å². The number of ether oxygens (including phenoxy) is 1. The number of nitrogens with zero attached hydrogens (tertiary/aromatic N) is 4. The molecule has 10 heteroatoms. The fraction of sp³-hybridized carbons (Fsp3) is 0.125. The number of carbonyl (C=O) groups is 1. The van der Waals surface area contributed by atoms with Crippen molar-refractivity contribution in [3.63, 3.8) is 0 Å². The van der Waals surface area contributed by atoms with Gasteiger partial charge in [-0.1, -0.05) is 35.2 Å². The minimum absolute atomic E-state index is 0.0514. The maximum Gasteiger partial charge on any atom is 0.267 e. The van der Waals surface area contributed by atoms with Crippen molar-refractivity contribution in [1.29, 1.82) is 0 Å². The molecule has 0 aliphatic heterocycles. The van der Waals surface area contributed by atoms with E-state index in [1.165, 1.54) is 27.7 Å². The lowest BCUT2D eigenvalue weighted by atomic mass is 10.2. The number of benzene rings is 2. The standard InChI is InChI=1S/C24H19N5O3S2/c1-14-9-10-25-20(11-14)29-22(31)16-5-3-4-6-17(16)27-24(29)33-13-21(30)28-23-26-18-8-7-15(32-2)12-19(18)34-23/h3-12H,13H2,1-2H3,(H,26,28,30). The molecule has 170 valence electrons. The first-order valence-electron chi connectivity index (χ1n) is 10.3. The molecule has 0 unspecified atom stereocenters. The minimum Gasteiger partial charge on any atom is -0.497 e. The second-order valence-electron chi connectivity index (χ2n) is 7.43. The number of carbonyl (C=O) groups excluding carboxylic acids is 1. The van der Waals surface area contributed by atoms with E-state index in [9.17, 15) is 9.59 Å². The number of hydrogen-bond acceptors (Lipinski definition) is 8. The van der Waals surface area contributed by atoms with Gasteiger partial charge in [-0.25, -0.2) is 19.5 Å². The largest absolute Gasteiger partial charge is 0.497 e. The molecule has 0 bridgehead atoms. The van der Waals surface area contributed by atoms with Gasteiger partial charge in [-0.15, -0.1) is 0 Å². The third-order valence-corrected chi connectivity index (χ3v) is 6.92. The van der Waals surface area contributed by atoms with Gasteiger partial charge in [0.25, 0.3) is 5.56 Å². The van der Waals surface area contributed by atoms with Crippen molar-refractivity contribution in [2.24, 2.45) is 0 Å². The van der Waals surface area contributed by atoms with Gasteiger partial charge in [0.2, 0.25) is 5.91 Å². The van der Waals surface area contributed by atoms with Gasteiger partial charge in [-0.2, -0.15) is 0 Å². The Labute approximate surface area is 202 Å². The molecule has 0 saturated heterocycles. The molecule has 5 rings (SSSR count). The van der Waals surface area contributed by atoms with E-state index < -0.39 is 0 Å². The van der Waals surface area contributed by atoms with Crippen LogP contribution in [0.15, 0.2) is 70.7 Å². The lowest BCUT2D eigenvalue weighted by molar-refractivity contribution is -0.113. The molecule has 0 saturated carbocycles. The zero-order chi connectivity index (χ0) is 23.7. The molecular weight excluding hydrogens is 470 g/mol. The zero-order valence-electron chi connectivity index (χ0n) is 18.3. The van der Waals surface area contributed by atoms with E-state index in [0.717, 1.165) is 21.5 Å². The highest BCUT2D eigenvalue weighted by Gasteiger charge is 2.16. The van der Waals surface area contributed by atoms with Crippen LogP contribution in [0.1, 0.15) is 5.56 Å². The summed E-state index contributed by atoms with van der Waals surface area (Å²) in [6.45, 7) is 1.93. The Morgan fingerprint density at radius 2 is 1.97 bits per heavy atom. The molecule has 0 aliphatic carbocycles. The fourth-order valence-electron chi connectivity index (χ4n) is 3.42. The normalized spacial score (nSPS) is 11.1. The maximum absolute atomic E-state index is 13.3. The van der Waals surface area contributed by atoms with Crippen molar-refractivity contribution >= 4 is 55.3 Å². The number of hydrogen-bond donors (Lipinski definition) is 1. The molecule has 8 nitrogen and oxygen atoms in total. The van der Waals surface area contributed by atoms with Crippen LogP contribution in [0.25, 0.3) is 26.9 Å². The average molecular weight is 490 g/mol. The van der Waals surface area contributed by atoms with E-state index in [4.69, 9.17) is 4.74 Å². The van der Waals surface area contributed by atoms with Gasteiger partial charge in [0.1, 0.15) is 11.6 Å². The SMILES string of the molecule is COc1ccc2nc(NC(=O)CSc3nc4ccccc4c(=O)n3-c3cc(C)ccn3)sc2c1. The summed E-state index contributed by atoms with van der Waals surface area (Å²) in [5, 5.41) is 4.22. The number of para-hydroxylation sites is 1. The topological polar surface area (TPSA) is 99.0 Å². The Morgan fingerprint density at radius 1 is 1.12 bits per heavy atom. The first-order valence-corrected chi connectivity index (χ1v) is 12.1. The van der Waals surface area contributed by atoms with Gasteiger partial charge in [-0.3, -0.25) is 9.59 Å². The van der Waals surface area contributed by atoms with Gasteiger partial charge in [0.15, 0.2) is 10.3 Å². The number of aryl methyl sites for hydroxylation is 1. The van der Waals surface area contributed by atoms with Crippen molar-refractivity contribution in [1.82, 2.24) is 19.5 Å². The lowest BCUT2D eigenvalue weighted by Crippen LogP contribution is -2.23. The van der Waals surface area contributed by atoms with Crippen LogP contribution in [0.5, 0.6) is 5.75 Å². The molecule has 3 aromatic heterocycles. The number of nitrogens with one attached hydrogen (secondary N) is 1. The Bertz CT molecular complexity index is 1600. The highest BCUT2D eigenvalue weighted by Crippen LogP contribution is 2.29. The Hall–Kier alpha value is -3.76. The van der Waals surface area contributed by atoms with Crippen molar-refractivity contribution in [3.8, 4) is 11.6 Å². The van der Waals surface area contributed by atoms with E-state index in [0.29, 0.717) is 27.0 Å². The number of thiazole rings is 1. The molecule has 2 aromatic carbocycles. The van der Waals surface area contributed by atoms with Crippen molar-refractivity contribution in [3.05, 3.63) is 76.7 Å². The van der Waals surface area contributed by atoms with Crippen LogP contribution in [0, 0.1) is 6.92 Å². The summed E-state index contributed by atoms with van der Waals surface area (Å²) < 4.78 is 7.61. The predicted molar refractivity (Wildman–Crippen MR) is 135 cm³/mol. The summed E-state index contributed by atoms with van der Waals surface area (Å²) in [5.74, 6) is 0.999. The molecule has 34 heavy (non-hydrogen) atoms. The predicted octanol–water partition coefficient (Wildman–Crippen LogP) is 4.44. The van der Waals surface area contributed by atoms with Crippen LogP contribution in [-0.4, -0.2) is 38.3 Å². The molecule has 0 spiro atoms. The Morgan fingerprint density at radius 3 is 2.79 bits per heavy atom. The second-order valence-corrected chi connectivity index (χ2v) is 9.41. The van der Waals surface area contributed by atoms with Crippen LogP contribution >= 0.6 is 23.1 Å². The molecule has 1 amide bonds. The van der Waals surface area contributed by atoms with Crippen molar-refractivity contribution < 1.29 is 9.53 Å². The second kappa shape index (κ2) is 9.24. The number of anilines is 1. The number of thioether (sulfide) groups is 1. The number of fused-ring (bicyclic) bond motifs is 2. The Kier molecular flexibility index (Phi) is 5.99. The van der Waals surface area contributed by atoms with E-state index in [-0.39, 0.29) is 17.2 Å². The van der Waals surface area contributed by atoms with Crippen LogP contribution in [0.3, 0.4) is 0 Å². The van der Waals surface area contributed by atoms with Crippen molar-refractivity contribution in [2.75, 3.05) is 18.2 Å². The van der Waals surface area contributed by atoms with Crippen LogP contribution in [0.2, 0.25) is 0 Å². The van der Waals surface area contributed by atoms with E-state index >= 15 is 0 Å². The number of pyridine rings is 1. The van der Waals surface area contributed by atoms with Gasteiger partial charge >= 0.3 is 0 Å². The summed E-state index contributed by atoms with van der Waals surface area (Å²) >= 11 is 2.54. The molecule has 1 N–H and O–H groups in total. The number of aromatic nitrogens is 4. The minimum atomic E-state index is -0.248. The summed E-state index contributed by atoms with van der Waals surface area (Å²) in [6, 6.07) is 16.4. The molecule has 5 aromatic rings. The first kappa shape index (κ1) is 22.1. The Balaban J connectivity index is 1.42. The van der Waals surface area contributed by atoms with Crippen LogP contribution in [0.4, 0.5) is 5.13 Å². The molecule has 0 radical (unpaired) electrons. The molecule has 0 atom stereocenters. The summed E-state index contributed by atoms with van der Waals surface area (Å²) in [5.41, 5.74) is 2.08. The van der Waals surface area contributed by atoms with Crippen molar-refractivity contribution in [2.45, 2.75) is 12.1 Å². The van der Waals surface area contributed by atoms with Gasteiger partial charge in [-0.05, 0) is 55.0 Å². The third-order valence-electron chi connectivity index (χ3n) is 5.05. The number of methoxy groups -OCH3 is 1. The number of amides is 1. The lowest BCUT2D eigenvalue weighted by Gasteiger charge is -2.12. The quantitative estimate of drug-likeness (QED) is 0.278. The highest BCUT2D eigenvalue weighted by atomic mass is 32.2. The van der Waals surface area contributed by atoms with Crippen LogP contribution in [-0.2, 0) is 4.79 Å². The zero-order valence-corrected chi connectivity index (χ0v) is 19.9. The van der Waals surface area contributed by atoms with Gasteiger partial charge < -0.3 is 10.1 Å². The third kappa shape index (κ3) is 4.37. The highest BCUT2D eigenvalue weighted by molar-refractivity contribution is 7.99. The van der Waals surface area contributed by atoms with E-state index in [1.54, 1.807) is 31.5 Å². The van der Waals surface area contributed by atoms with E-state index in [2.05, 4.69) is 20.3 Å². The molecular formula is C24H19N5O3S2. The first-order chi connectivity index (χ1) is 16.5.